The average Bonchev–Trinajstić information content (AvgIpc) is 2.90. The van der Waals surface area contributed by atoms with Crippen LogP contribution in [0, 0.1) is 0 Å². The molecule has 134 valence electrons. The highest BCUT2D eigenvalue weighted by Crippen LogP contribution is 2.31. The van der Waals surface area contributed by atoms with Gasteiger partial charge in [-0.15, -0.1) is 0 Å². The predicted molar refractivity (Wildman–Crippen MR) is 93.8 cm³/mol. The van der Waals surface area contributed by atoms with Crippen molar-refractivity contribution in [2.75, 3.05) is 25.5 Å². The Bertz CT molecular complexity index is 532. The van der Waals surface area contributed by atoms with E-state index in [1.165, 1.54) is 38.5 Å². The molecule has 0 bridgehead atoms. The third-order valence-electron chi connectivity index (χ3n) is 5.44. The molecule has 1 unspecified atom stereocenters. The first-order valence-electron chi connectivity index (χ1n) is 9.25. The fourth-order valence-corrected chi connectivity index (χ4v) is 3.97. The number of hydrogen-bond donors (Lipinski definition) is 1. The Labute approximate surface area is 144 Å². The van der Waals surface area contributed by atoms with Crippen LogP contribution in [0.5, 0.6) is 6.01 Å². The number of piperidine rings is 1. The van der Waals surface area contributed by atoms with E-state index in [-0.39, 0.29) is 6.01 Å². The average molecular weight is 334 g/mol. The lowest BCUT2D eigenvalue weighted by atomic mass is 10.00. The summed E-state index contributed by atoms with van der Waals surface area (Å²) >= 11 is 0. The van der Waals surface area contributed by atoms with Gasteiger partial charge >= 0.3 is 6.01 Å². The van der Waals surface area contributed by atoms with E-state index in [9.17, 15) is 0 Å². The lowest BCUT2D eigenvalue weighted by Gasteiger charge is -2.38. The summed E-state index contributed by atoms with van der Waals surface area (Å²) in [7, 11) is 4.22. The molecule has 1 aromatic heterocycles. The van der Waals surface area contributed by atoms with E-state index in [4.69, 9.17) is 15.7 Å². The van der Waals surface area contributed by atoms with Gasteiger partial charge in [0.15, 0.2) is 0 Å². The van der Waals surface area contributed by atoms with Crippen molar-refractivity contribution >= 4 is 5.95 Å². The molecule has 7 heteroatoms. The van der Waals surface area contributed by atoms with E-state index in [1.807, 2.05) is 0 Å². The van der Waals surface area contributed by atoms with Gasteiger partial charge in [-0.3, -0.25) is 4.90 Å². The summed E-state index contributed by atoms with van der Waals surface area (Å²) in [6.07, 6.45) is 11.3. The molecule has 0 radical (unpaired) electrons. The highest BCUT2D eigenvalue weighted by Gasteiger charge is 2.27. The van der Waals surface area contributed by atoms with Crippen LogP contribution in [0.15, 0.2) is 0 Å². The SMILES string of the molecule is CN1CCCCC1N(C)c1nc(ON)nc(C2CCCCCC2)n1. The summed E-state index contributed by atoms with van der Waals surface area (Å²) in [4.78, 5) is 23.0. The second kappa shape index (κ2) is 8.07. The molecular weight excluding hydrogens is 304 g/mol. The Morgan fingerprint density at radius 2 is 1.71 bits per heavy atom. The van der Waals surface area contributed by atoms with E-state index in [0.29, 0.717) is 18.0 Å². The second-order valence-electron chi connectivity index (χ2n) is 7.15. The molecule has 7 nitrogen and oxygen atoms in total. The maximum Gasteiger partial charge on any atom is 0.340 e. The highest BCUT2D eigenvalue weighted by molar-refractivity contribution is 5.32. The van der Waals surface area contributed by atoms with Crippen LogP contribution in [0.1, 0.15) is 69.5 Å². The standard InChI is InChI=1S/C17H30N6O/c1-22-12-8-7-11-14(22)23(2)16-19-15(20-17(21-16)24-18)13-9-5-3-4-6-10-13/h13-14H,3-12,18H2,1-2H3. The van der Waals surface area contributed by atoms with Gasteiger partial charge in [0, 0.05) is 13.0 Å². The van der Waals surface area contributed by atoms with Crippen molar-refractivity contribution in [1.29, 1.82) is 0 Å². The smallest absolute Gasteiger partial charge is 0.340 e. The van der Waals surface area contributed by atoms with Gasteiger partial charge in [-0.1, -0.05) is 25.7 Å². The topological polar surface area (TPSA) is 80.4 Å². The Hall–Kier alpha value is -1.47. The van der Waals surface area contributed by atoms with Crippen molar-refractivity contribution in [3.8, 4) is 6.01 Å². The van der Waals surface area contributed by atoms with Gasteiger partial charge < -0.3 is 9.74 Å². The monoisotopic (exact) mass is 334 g/mol. The van der Waals surface area contributed by atoms with Crippen LogP contribution in [-0.2, 0) is 0 Å². The van der Waals surface area contributed by atoms with E-state index in [1.54, 1.807) is 0 Å². The van der Waals surface area contributed by atoms with Crippen LogP contribution in [0.3, 0.4) is 0 Å². The highest BCUT2D eigenvalue weighted by atomic mass is 16.6. The van der Waals surface area contributed by atoms with E-state index >= 15 is 0 Å². The summed E-state index contributed by atoms with van der Waals surface area (Å²) in [5.74, 6) is 7.27. The minimum atomic E-state index is 0.226. The molecule has 2 aliphatic rings. The van der Waals surface area contributed by atoms with E-state index in [0.717, 1.165) is 31.6 Å². The molecule has 0 aromatic carbocycles. The lowest BCUT2D eigenvalue weighted by molar-refractivity contribution is 0.182. The molecule has 1 saturated heterocycles. The van der Waals surface area contributed by atoms with Crippen molar-refractivity contribution in [1.82, 2.24) is 19.9 Å². The minimum absolute atomic E-state index is 0.226. The molecule has 1 aliphatic heterocycles. The molecule has 2 N–H and O–H groups in total. The molecule has 0 spiro atoms. The molecule has 24 heavy (non-hydrogen) atoms. The Morgan fingerprint density at radius 1 is 1.00 bits per heavy atom. The molecule has 2 fully saturated rings. The van der Waals surface area contributed by atoms with Gasteiger partial charge in [-0.25, -0.2) is 0 Å². The normalized spacial score (nSPS) is 23.7. The number of rotatable bonds is 4. The Kier molecular flexibility index (Phi) is 5.84. The summed E-state index contributed by atoms with van der Waals surface area (Å²) in [6.45, 7) is 1.11. The van der Waals surface area contributed by atoms with E-state index in [2.05, 4.69) is 33.9 Å². The maximum atomic E-state index is 5.37. The number of nitrogens with zero attached hydrogens (tertiary/aromatic N) is 5. The molecule has 1 aliphatic carbocycles. The quantitative estimate of drug-likeness (QED) is 0.669. The van der Waals surface area contributed by atoms with Crippen molar-refractivity contribution in [3.63, 3.8) is 0 Å². The number of nitrogens with two attached hydrogens (primary N) is 1. The summed E-state index contributed by atoms with van der Waals surface area (Å²) < 4.78 is 0. The zero-order valence-electron chi connectivity index (χ0n) is 14.9. The van der Waals surface area contributed by atoms with Crippen molar-refractivity contribution in [3.05, 3.63) is 5.82 Å². The zero-order chi connectivity index (χ0) is 16.9. The van der Waals surface area contributed by atoms with Gasteiger partial charge in [-0.2, -0.15) is 20.8 Å². The number of anilines is 1. The fourth-order valence-electron chi connectivity index (χ4n) is 3.97. The second-order valence-corrected chi connectivity index (χ2v) is 7.15. The summed E-state index contributed by atoms with van der Waals surface area (Å²) in [5.41, 5.74) is 0. The Balaban J connectivity index is 1.85. The van der Waals surface area contributed by atoms with Gasteiger partial charge in [-0.05, 0) is 45.7 Å². The number of hydrogen-bond acceptors (Lipinski definition) is 7. The zero-order valence-corrected chi connectivity index (χ0v) is 14.9. The largest absolute Gasteiger partial charge is 0.371 e. The van der Waals surface area contributed by atoms with Crippen LogP contribution in [0.25, 0.3) is 0 Å². The fraction of sp³-hybridized carbons (Fsp3) is 0.824. The maximum absolute atomic E-state index is 5.37. The van der Waals surface area contributed by atoms with Crippen molar-refractivity contribution in [2.45, 2.75) is 69.9 Å². The van der Waals surface area contributed by atoms with Crippen LogP contribution < -0.4 is 15.6 Å². The first kappa shape index (κ1) is 17.4. The van der Waals surface area contributed by atoms with Crippen molar-refractivity contribution < 1.29 is 4.84 Å². The number of aromatic nitrogens is 3. The molecule has 1 aromatic rings. The molecule has 1 saturated carbocycles. The third kappa shape index (κ3) is 3.95. The first-order valence-corrected chi connectivity index (χ1v) is 9.25. The summed E-state index contributed by atoms with van der Waals surface area (Å²) in [5, 5.41) is 0. The predicted octanol–water partition coefficient (Wildman–Crippen LogP) is 2.44. The lowest BCUT2D eigenvalue weighted by Crippen LogP contribution is -2.48. The molecule has 1 atom stereocenters. The minimum Gasteiger partial charge on any atom is -0.371 e. The molecule has 2 heterocycles. The number of likely N-dealkylation sites (tertiary alicyclic amines) is 1. The van der Waals surface area contributed by atoms with Crippen LogP contribution in [0.2, 0.25) is 0 Å². The molecule has 0 amide bonds. The summed E-state index contributed by atoms with van der Waals surface area (Å²) in [6, 6.07) is 0.226. The van der Waals surface area contributed by atoms with Gasteiger partial charge in [0.25, 0.3) is 0 Å². The van der Waals surface area contributed by atoms with Gasteiger partial charge in [0.2, 0.25) is 5.95 Å². The van der Waals surface area contributed by atoms with Gasteiger partial charge in [0.1, 0.15) is 5.82 Å². The van der Waals surface area contributed by atoms with Gasteiger partial charge in [0.05, 0.1) is 6.17 Å². The van der Waals surface area contributed by atoms with Crippen LogP contribution in [-0.4, -0.2) is 46.7 Å². The first-order chi connectivity index (χ1) is 11.7. The van der Waals surface area contributed by atoms with Crippen molar-refractivity contribution in [2.24, 2.45) is 5.90 Å². The van der Waals surface area contributed by atoms with E-state index < -0.39 is 0 Å². The molecule has 3 rings (SSSR count). The Morgan fingerprint density at radius 3 is 2.38 bits per heavy atom. The third-order valence-corrected chi connectivity index (χ3v) is 5.44. The van der Waals surface area contributed by atoms with Crippen LogP contribution >= 0.6 is 0 Å². The molecular formula is C17H30N6O. The van der Waals surface area contributed by atoms with Crippen LogP contribution in [0.4, 0.5) is 5.95 Å².